The number of ether oxygens (including phenoxy) is 1. The molecule has 2 N–H and O–H groups in total. The summed E-state index contributed by atoms with van der Waals surface area (Å²) in [6, 6.07) is 10.0. The van der Waals surface area contributed by atoms with Crippen LogP contribution in [0.2, 0.25) is 0 Å². The lowest BCUT2D eigenvalue weighted by Crippen LogP contribution is -2.49. The third-order valence-corrected chi connectivity index (χ3v) is 6.82. The van der Waals surface area contributed by atoms with Crippen molar-refractivity contribution in [3.05, 3.63) is 59.9 Å². The number of nitrogens with zero attached hydrogens (tertiary/aromatic N) is 1. The van der Waals surface area contributed by atoms with E-state index >= 15 is 0 Å². The van der Waals surface area contributed by atoms with Crippen molar-refractivity contribution in [2.45, 2.75) is 44.2 Å². The van der Waals surface area contributed by atoms with Crippen molar-refractivity contribution in [2.24, 2.45) is 5.92 Å². The molecule has 2 aromatic carbocycles. The molecular weight excluding hydrogens is 459 g/mol. The zero-order valence-corrected chi connectivity index (χ0v) is 19.6. The summed E-state index contributed by atoms with van der Waals surface area (Å²) in [7, 11) is -4.16. The lowest BCUT2D eigenvalue weighted by atomic mass is 10.0. The summed E-state index contributed by atoms with van der Waals surface area (Å²) in [5.74, 6) is -0.397. The summed E-state index contributed by atoms with van der Waals surface area (Å²) in [6.45, 7) is 3.90. The fourth-order valence-electron chi connectivity index (χ4n) is 3.10. The molecule has 0 bridgehead atoms. The van der Waals surface area contributed by atoms with Crippen molar-refractivity contribution in [1.29, 1.82) is 0 Å². The minimum Gasteiger partial charge on any atom is -0.494 e. The first-order chi connectivity index (χ1) is 15.2. The molecule has 1 atom stereocenters. The third-order valence-electron chi connectivity index (χ3n) is 4.68. The summed E-state index contributed by atoms with van der Waals surface area (Å²) in [6.07, 6.45) is 0.826. The maximum absolute atomic E-state index is 13.6. The molecule has 2 aromatic rings. The number of nitrogens with one attached hydrogen (secondary N) is 1. The predicted octanol–water partition coefficient (Wildman–Crippen LogP) is 3.94. The van der Waals surface area contributed by atoms with Gasteiger partial charge in [-0.1, -0.05) is 26.0 Å². The van der Waals surface area contributed by atoms with E-state index in [1.807, 2.05) is 13.8 Å². The normalized spacial score (nSPS) is 12.7. The zero-order valence-electron chi connectivity index (χ0n) is 18.0. The van der Waals surface area contributed by atoms with Gasteiger partial charge in [-0.2, -0.15) is 4.31 Å². The Morgan fingerprint density at radius 2 is 1.78 bits per heavy atom. The minimum absolute atomic E-state index is 0.0381. The Labute approximate surface area is 193 Å². The molecule has 0 aliphatic heterocycles. The molecule has 0 spiro atoms. The number of hydrogen-bond acceptors (Lipinski definition) is 5. The quantitative estimate of drug-likeness (QED) is 0.205. The number of hydrogen-bond donors (Lipinski definition) is 2. The highest BCUT2D eigenvalue weighted by atomic mass is 35.5. The second-order valence-corrected chi connectivity index (χ2v) is 9.93. The van der Waals surface area contributed by atoms with E-state index < -0.39 is 27.8 Å². The molecule has 0 saturated heterocycles. The molecule has 0 saturated carbocycles. The second kappa shape index (κ2) is 12.2. The number of carbonyl (C=O) groups excluding carboxylic acids is 1. The Kier molecular flexibility index (Phi) is 9.89. The van der Waals surface area contributed by atoms with Gasteiger partial charge in [-0.25, -0.2) is 18.3 Å². The number of carbonyl (C=O) groups is 1. The van der Waals surface area contributed by atoms with E-state index in [0.29, 0.717) is 30.2 Å². The van der Waals surface area contributed by atoms with Crippen LogP contribution in [0.25, 0.3) is 0 Å². The SMILES string of the molecule is CC(C)C[C@H](C(=O)NO)N(Cc1ccc(F)cc1)S(=O)(=O)c1ccc(OCCCCl)cc1. The molecule has 176 valence electrons. The van der Waals surface area contributed by atoms with Crippen molar-refractivity contribution in [1.82, 2.24) is 9.79 Å². The van der Waals surface area contributed by atoms with Gasteiger partial charge in [-0.15, -0.1) is 11.6 Å². The maximum atomic E-state index is 13.6. The Morgan fingerprint density at radius 3 is 2.31 bits per heavy atom. The Balaban J connectivity index is 2.43. The van der Waals surface area contributed by atoms with Crippen LogP contribution in [-0.2, 0) is 21.4 Å². The van der Waals surface area contributed by atoms with E-state index in [4.69, 9.17) is 16.3 Å². The Bertz CT molecular complexity index is 969. The van der Waals surface area contributed by atoms with Gasteiger partial charge in [-0.3, -0.25) is 10.0 Å². The number of hydroxylamine groups is 1. The molecule has 0 radical (unpaired) electrons. The van der Waals surface area contributed by atoms with Crippen molar-refractivity contribution >= 4 is 27.5 Å². The van der Waals surface area contributed by atoms with Crippen molar-refractivity contribution in [3.8, 4) is 5.75 Å². The van der Waals surface area contributed by atoms with E-state index in [-0.39, 0.29) is 23.8 Å². The summed E-state index contributed by atoms with van der Waals surface area (Å²) in [5, 5.41) is 9.25. The van der Waals surface area contributed by atoms with E-state index in [0.717, 1.165) is 4.31 Å². The largest absolute Gasteiger partial charge is 0.494 e. The van der Waals surface area contributed by atoms with Crippen LogP contribution < -0.4 is 10.2 Å². The van der Waals surface area contributed by atoms with Gasteiger partial charge in [0.25, 0.3) is 5.91 Å². The van der Waals surface area contributed by atoms with E-state index in [1.54, 1.807) is 5.48 Å². The number of benzene rings is 2. The first-order valence-corrected chi connectivity index (χ1v) is 12.2. The molecule has 0 aliphatic carbocycles. The molecule has 7 nitrogen and oxygen atoms in total. The number of alkyl halides is 1. The highest BCUT2D eigenvalue weighted by molar-refractivity contribution is 7.89. The molecule has 0 fully saturated rings. The fraction of sp³-hybridized carbons (Fsp3) is 0.409. The Hall–Kier alpha value is -2.20. The van der Waals surface area contributed by atoms with E-state index in [9.17, 15) is 22.8 Å². The monoisotopic (exact) mass is 486 g/mol. The third kappa shape index (κ3) is 7.16. The smallest absolute Gasteiger partial charge is 0.261 e. The van der Waals surface area contributed by atoms with Crippen molar-refractivity contribution in [3.63, 3.8) is 0 Å². The molecule has 0 heterocycles. The number of halogens is 2. The fourth-order valence-corrected chi connectivity index (χ4v) is 4.79. The molecular formula is C22H28ClFN2O5S. The van der Waals surface area contributed by atoms with Gasteiger partial charge >= 0.3 is 0 Å². The molecule has 0 aromatic heterocycles. The highest BCUT2D eigenvalue weighted by Crippen LogP contribution is 2.26. The molecule has 32 heavy (non-hydrogen) atoms. The Morgan fingerprint density at radius 1 is 1.16 bits per heavy atom. The summed E-state index contributed by atoms with van der Waals surface area (Å²) in [4.78, 5) is 12.4. The van der Waals surface area contributed by atoms with Gasteiger partial charge in [0.1, 0.15) is 17.6 Å². The average molecular weight is 487 g/mol. The van der Waals surface area contributed by atoms with Gasteiger partial charge in [0.05, 0.1) is 11.5 Å². The minimum atomic E-state index is -4.16. The van der Waals surface area contributed by atoms with E-state index in [2.05, 4.69) is 0 Å². The summed E-state index contributed by atoms with van der Waals surface area (Å²) >= 11 is 5.63. The van der Waals surface area contributed by atoms with Crippen LogP contribution in [0.1, 0.15) is 32.3 Å². The van der Waals surface area contributed by atoms with Crippen LogP contribution in [0.5, 0.6) is 5.75 Å². The van der Waals surface area contributed by atoms with E-state index in [1.165, 1.54) is 48.5 Å². The molecule has 1 amide bonds. The zero-order chi connectivity index (χ0) is 23.7. The maximum Gasteiger partial charge on any atom is 0.261 e. The molecule has 0 aliphatic rings. The molecule has 0 unspecified atom stereocenters. The van der Waals surface area contributed by atoms with Gasteiger partial charge < -0.3 is 4.74 Å². The van der Waals surface area contributed by atoms with Crippen LogP contribution in [0.3, 0.4) is 0 Å². The van der Waals surface area contributed by atoms with Crippen LogP contribution >= 0.6 is 11.6 Å². The molecule has 2 rings (SSSR count). The highest BCUT2D eigenvalue weighted by Gasteiger charge is 2.36. The topological polar surface area (TPSA) is 95.9 Å². The first-order valence-electron chi connectivity index (χ1n) is 10.2. The second-order valence-electron chi connectivity index (χ2n) is 7.66. The van der Waals surface area contributed by atoms with Gasteiger partial charge in [0, 0.05) is 12.4 Å². The lowest BCUT2D eigenvalue weighted by molar-refractivity contribution is -0.133. The lowest BCUT2D eigenvalue weighted by Gasteiger charge is -2.30. The van der Waals surface area contributed by atoms with Crippen LogP contribution in [0.15, 0.2) is 53.4 Å². The first kappa shape index (κ1) is 26.1. The van der Waals surface area contributed by atoms with Crippen LogP contribution in [0, 0.1) is 11.7 Å². The van der Waals surface area contributed by atoms with Crippen molar-refractivity contribution in [2.75, 3.05) is 12.5 Å². The summed E-state index contributed by atoms with van der Waals surface area (Å²) < 4.78 is 47.0. The van der Waals surface area contributed by atoms with Crippen LogP contribution in [-0.4, -0.2) is 42.4 Å². The summed E-state index contributed by atoms with van der Waals surface area (Å²) in [5.41, 5.74) is 2.07. The standard InChI is InChI=1S/C22H28ClFN2O5S/c1-16(2)14-21(22(27)25-28)26(15-17-4-6-18(24)7-5-17)32(29,30)20-10-8-19(9-11-20)31-13-3-12-23/h4-11,16,21,28H,3,12-15H2,1-2H3,(H,25,27)/t21-/m1/s1. The van der Waals surface area contributed by atoms with Gasteiger partial charge in [-0.05, 0) is 60.7 Å². The number of amides is 1. The van der Waals surface area contributed by atoms with Crippen LogP contribution in [0.4, 0.5) is 4.39 Å². The van der Waals surface area contributed by atoms with Gasteiger partial charge in [0.15, 0.2) is 0 Å². The molecule has 10 heteroatoms. The van der Waals surface area contributed by atoms with Crippen molar-refractivity contribution < 1.29 is 27.5 Å². The number of rotatable bonds is 12. The average Bonchev–Trinajstić information content (AvgIpc) is 2.77. The number of sulfonamides is 1. The predicted molar refractivity (Wildman–Crippen MR) is 120 cm³/mol. The van der Waals surface area contributed by atoms with Gasteiger partial charge in [0.2, 0.25) is 10.0 Å².